The molecule has 1 heterocycles. The molecule has 28 heavy (non-hydrogen) atoms. The number of guanidine groups is 1. The lowest BCUT2D eigenvalue weighted by Gasteiger charge is -2.22. The third-order valence-electron chi connectivity index (χ3n) is 3.76. The summed E-state index contributed by atoms with van der Waals surface area (Å²) in [5, 5.41) is 7.18. The van der Waals surface area contributed by atoms with Gasteiger partial charge in [-0.1, -0.05) is 31.1 Å². The van der Waals surface area contributed by atoms with Crippen LogP contribution < -0.4 is 10.1 Å². The number of alkyl halides is 2. The fourth-order valence-electron chi connectivity index (χ4n) is 2.40. The summed E-state index contributed by atoms with van der Waals surface area (Å²) in [6.07, 6.45) is 0.590. The van der Waals surface area contributed by atoms with E-state index in [2.05, 4.69) is 25.2 Å². The number of aromatic nitrogens is 2. The number of halogens is 3. The highest BCUT2D eigenvalue weighted by Crippen LogP contribution is 2.15. The van der Waals surface area contributed by atoms with Gasteiger partial charge < -0.3 is 19.5 Å². The monoisotopic (exact) mass is 509 g/mol. The maximum Gasteiger partial charge on any atom is 0.387 e. The molecule has 0 aliphatic rings. The Bertz CT molecular complexity index is 738. The average molecular weight is 509 g/mol. The van der Waals surface area contributed by atoms with Gasteiger partial charge in [0, 0.05) is 39.5 Å². The first-order chi connectivity index (χ1) is 12.9. The van der Waals surface area contributed by atoms with Gasteiger partial charge in [-0.15, -0.1) is 24.0 Å². The molecule has 0 unspecified atom stereocenters. The normalized spacial score (nSPS) is 11.5. The third kappa shape index (κ3) is 7.56. The molecule has 0 bridgehead atoms. The van der Waals surface area contributed by atoms with E-state index in [1.807, 2.05) is 25.8 Å². The molecule has 0 radical (unpaired) electrons. The molecular formula is C18H26F2IN5O2. The smallest absolute Gasteiger partial charge is 0.387 e. The van der Waals surface area contributed by atoms with Crippen molar-refractivity contribution in [3.05, 3.63) is 41.5 Å². The molecule has 0 spiro atoms. The second kappa shape index (κ2) is 11.8. The van der Waals surface area contributed by atoms with E-state index in [-0.39, 0.29) is 35.6 Å². The zero-order valence-electron chi connectivity index (χ0n) is 16.4. The van der Waals surface area contributed by atoms with Crippen molar-refractivity contribution in [3.8, 4) is 5.75 Å². The number of hydrogen-bond acceptors (Lipinski definition) is 5. The van der Waals surface area contributed by atoms with Gasteiger partial charge in [-0.3, -0.25) is 4.99 Å². The lowest BCUT2D eigenvalue weighted by Crippen LogP contribution is -2.39. The van der Waals surface area contributed by atoms with E-state index < -0.39 is 6.61 Å². The second-order valence-corrected chi connectivity index (χ2v) is 6.30. The molecule has 0 atom stereocenters. The molecule has 0 saturated carbocycles. The Hall–Kier alpha value is -1.98. The highest BCUT2D eigenvalue weighted by atomic mass is 127. The lowest BCUT2D eigenvalue weighted by molar-refractivity contribution is -0.0498. The maximum absolute atomic E-state index is 12.2. The number of ether oxygens (including phenoxy) is 1. The van der Waals surface area contributed by atoms with Gasteiger partial charge in [0.25, 0.3) is 0 Å². The fraction of sp³-hybridized carbons (Fsp3) is 0.500. The first kappa shape index (κ1) is 24.1. The van der Waals surface area contributed by atoms with Crippen molar-refractivity contribution in [2.24, 2.45) is 4.99 Å². The van der Waals surface area contributed by atoms with Crippen LogP contribution in [0.15, 0.2) is 33.8 Å². The first-order valence-electron chi connectivity index (χ1n) is 8.67. The molecule has 2 rings (SSSR count). The van der Waals surface area contributed by atoms with Crippen molar-refractivity contribution in [1.82, 2.24) is 20.4 Å². The van der Waals surface area contributed by atoms with Crippen LogP contribution >= 0.6 is 24.0 Å². The van der Waals surface area contributed by atoms with Crippen LogP contribution in [-0.4, -0.2) is 48.3 Å². The molecule has 0 fully saturated rings. The SMILES string of the molecule is CN=C(NCCc1nc(C(C)C)no1)N(C)Cc1ccc(OC(F)F)cc1.I. The van der Waals surface area contributed by atoms with Crippen molar-refractivity contribution >= 4 is 29.9 Å². The van der Waals surface area contributed by atoms with E-state index in [9.17, 15) is 8.78 Å². The average Bonchev–Trinajstić information content (AvgIpc) is 3.09. The number of hydrogen-bond donors (Lipinski definition) is 1. The van der Waals surface area contributed by atoms with Gasteiger partial charge in [-0.25, -0.2) is 0 Å². The number of aliphatic imine (C=N–C) groups is 1. The summed E-state index contributed by atoms with van der Waals surface area (Å²) in [4.78, 5) is 10.5. The maximum atomic E-state index is 12.2. The van der Waals surface area contributed by atoms with Gasteiger partial charge in [0.05, 0.1) is 0 Å². The zero-order valence-corrected chi connectivity index (χ0v) is 18.7. The lowest BCUT2D eigenvalue weighted by atomic mass is 10.2. The summed E-state index contributed by atoms with van der Waals surface area (Å²) in [6.45, 7) is 2.35. The molecule has 0 aliphatic carbocycles. The Morgan fingerprint density at radius 2 is 1.96 bits per heavy atom. The van der Waals surface area contributed by atoms with Crippen molar-refractivity contribution in [3.63, 3.8) is 0 Å². The fourth-order valence-corrected chi connectivity index (χ4v) is 2.40. The van der Waals surface area contributed by atoms with Gasteiger partial charge in [0.2, 0.25) is 5.89 Å². The van der Waals surface area contributed by atoms with E-state index >= 15 is 0 Å². The van der Waals surface area contributed by atoms with E-state index in [4.69, 9.17) is 4.52 Å². The second-order valence-electron chi connectivity index (χ2n) is 6.30. The Labute approximate surface area is 180 Å². The molecule has 10 heteroatoms. The minimum absolute atomic E-state index is 0. The van der Waals surface area contributed by atoms with Crippen LogP contribution in [0.25, 0.3) is 0 Å². The number of nitrogens with zero attached hydrogens (tertiary/aromatic N) is 4. The van der Waals surface area contributed by atoms with Crippen LogP contribution in [-0.2, 0) is 13.0 Å². The predicted molar refractivity (Wildman–Crippen MR) is 113 cm³/mol. The highest BCUT2D eigenvalue weighted by Gasteiger charge is 2.11. The minimum Gasteiger partial charge on any atom is -0.435 e. The molecule has 1 N–H and O–H groups in total. The molecule has 2 aromatic rings. The van der Waals surface area contributed by atoms with Gasteiger partial charge in [-0.2, -0.15) is 13.8 Å². The van der Waals surface area contributed by atoms with Gasteiger partial charge in [-0.05, 0) is 17.7 Å². The van der Waals surface area contributed by atoms with E-state index in [0.717, 1.165) is 5.56 Å². The largest absolute Gasteiger partial charge is 0.435 e. The molecule has 0 aliphatic heterocycles. The third-order valence-corrected chi connectivity index (χ3v) is 3.76. The minimum atomic E-state index is -2.82. The summed E-state index contributed by atoms with van der Waals surface area (Å²) in [5.41, 5.74) is 0.945. The Balaban J connectivity index is 0.00000392. The van der Waals surface area contributed by atoms with Gasteiger partial charge >= 0.3 is 6.61 Å². The highest BCUT2D eigenvalue weighted by molar-refractivity contribution is 14.0. The summed E-state index contributed by atoms with van der Waals surface area (Å²) >= 11 is 0. The number of benzene rings is 1. The van der Waals surface area contributed by atoms with E-state index in [1.54, 1.807) is 19.2 Å². The Morgan fingerprint density at radius 1 is 1.29 bits per heavy atom. The Kier molecular flexibility index (Phi) is 10.1. The molecule has 0 amide bonds. The van der Waals surface area contributed by atoms with E-state index in [1.165, 1.54) is 12.1 Å². The van der Waals surface area contributed by atoms with Gasteiger partial charge in [0.1, 0.15) is 5.75 Å². The van der Waals surface area contributed by atoms with E-state index in [0.29, 0.717) is 37.2 Å². The predicted octanol–water partition coefficient (Wildman–Crippen LogP) is 3.66. The van der Waals surface area contributed by atoms with Gasteiger partial charge in [0.15, 0.2) is 11.8 Å². The standard InChI is InChI=1S/C18H25F2N5O2.HI/c1-12(2)16-23-15(27-24-16)9-10-22-18(21-3)25(4)11-13-5-7-14(8-6-13)26-17(19)20;/h5-8,12,17H,9-11H2,1-4H3,(H,21,22);1H. The number of rotatable bonds is 8. The number of nitrogens with one attached hydrogen (secondary N) is 1. The molecule has 156 valence electrons. The van der Waals surface area contributed by atoms with Crippen LogP contribution in [0.5, 0.6) is 5.75 Å². The summed E-state index contributed by atoms with van der Waals surface area (Å²) in [7, 11) is 3.59. The van der Waals surface area contributed by atoms with Crippen LogP contribution in [0.1, 0.15) is 37.0 Å². The van der Waals surface area contributed by atoms with Crippen molar-refractivity contribution in [1.29, 1.82) is 0 Å². The summed E-state index contributed by atoms with van der Waals surface area (Å²) in [6, 6.07) is 6.53. The topological polar surface area (TPSA) is 75.8 Å². The first-order valence-corrected chi connectivity index (χ1v) is 8.67. The van der Waals surface area contributed by atoms with Crippen LogP contribution in [0, 0.1) is 0 Å². The van der Waals surface area contributed by atoms with Crippen molar-refractivity contribution in [2.75, 3.05) is 20.6 Å². The van der Waals surface area contributed by atoms with Crippen LogP contribution in [0.2, 0.25) is 0 Å². The van der Waals surface area contributed by atoms with Crippen molar-refractivity contribution < 1.29 is 18.0 Å². The molecule has 7 nitrogen and oxygen atoms in total. The molecular weight excluding hydrogens is 483 g/mol. The summed E-state index contributed by atoms with van der Waals surface area (Å²) < 4.78 is 34.0. The van der Waals surface area contributed by atoms with Crippen LogP contribution in [0.4, 0.5) is 8.78 Å². The summed E-state index contributed by atoms with van der Waals surface area (Å²) in [5.74, 6) is 2.35. The quantitative estimate of drug-likeness (QED) is 0.333. The Morgan fingerprint density at radius 3 is 2.50 bits per heavy atom. The van der Waals surface area contributed by atoms with Crippen LogP contribution in [0.3, 0.4) is 0 Å². The van der Waals surface area contributed by atoms with Crippen molar-refractivity contribution in [2.45, 2.75) is 39.3 Å². The molecule has 1 aromatic carbocycles. The molecule has 0 saturated heterocycles. The molecule has 1 aromatic heterocycles. The zero-order chi connectivity index (χ0) is 19.8.